The van der Waals surface area contributed by atoms with Crippen LogP contribution >= 0.6 is 24.0 Å². The number of piperazine rings is 1. The van der Waals surface area contributed by atoms with Crippen molar-refractivity contribution in [1.29, 1.82) is 5.26 Å². The van der Waals surface area contributed by atoms with E-state index in [9.17, 15) is 19.6 Å². The lowest BCUT2D eigenvalue weighted by Crippen LogP contribution is -2.48. The molecule has 2 saturated heterocycles. The van der Waals surface area contributed by atoms with Crippen LogP contribution in [0.5, 0.6) is 0 Å². The van der Waals surface area contributed by atoms with E-state index in [2.05, 4.69) is 21.9 Å². The molecule has 1 amide bonds. The van der Waals surface area contributed by atoms with E-state index in [0.717, 1.165) is 35.4 Å². The van der Waals surface area contributed by atoms with Crippen LogP contribution in [0.25, 0.3) is 6.08 Å². The summed E-state index contributed by atoms with van der Waals surface area (Å²) in [6, 6.07) is 12.1. The molecule has 9 nitrogen and oxygen atoms in total. The van der Waals surface area contributed by atoms with Crippen molar-refractivity contribution in [2.45, 2.75) is 6.92 Å². The summed E-state index contributed by atoms with van der Waals surface area (Å²) >= 11 is 6.23. The zero-order valence-electron chi connectivity index (χ0n) is 19.2. The van der Waals surface area contributed by atoms with Crippen LogP contribution in [-0.2, 0) is 16.6 Å². The van der Waals surface area contributed by atoms with Gasteiger partial charge < -0.3 is 14.9 Å². The number of amides is 1. The van der Waals surface area contributed by atoms with Crippen LogP contribution in [0.1, 0.15) is 16.7 Å². The van der Waals surface area contributed by atoms with Crippen LogP contribution in [0.15, 0.2) is 40.0 Å². The molecule has 0 aliphatic carbocycles. The third-order valence-electron chi connectivity index (χ3n) is 6.11. The van der Waals surface area contributed by atoms with Gasteiger partial charge in [-0.2, -0.15) is 5.26 Å². The predicted molar refractivity (Wildman–Crippen MR) is 140 cm³/mol. The first-order valence-electron chi connectivity index (χ1n) is 10.9. The van der Waals surface area contributed by atoms with Crippen molar-refractivity contribution in [3.05, 3.63) is 62.3 Å². The number of aliphatic carboxylic acids is 1. The standard InChI is InChI=1S/C24H23N5O4S2/c1-15-17(12-19-23(33)29(14-20(30)31)24(34)35-19)21(26(2)22(32)18(15)13-25)28-10-8-27(9-11-28)16-6-4-3-5-7-16/h3-7,12H,8-11,14H2,1-2H3,(H,30,31)/b19-12-. The largest absolute Gasteiger partial charge is 0.480 e. The van der Waals surface area contributed by atoms with Gasteiger partial charge in [-0.1, -0.05) is 42.2 Å². The minimum atomic E-state index is -1.16. The lowest BCUT2D eigenvalue weighted by atomic mass is 10.0. The number of thioether (sulfide) groups is 1. The SMILES string of the molecule is Cc1c(/C=C2\SC(=S)N(CC(=O)O)C2=O)c(N2CCN(c3ccccc3)CC2)n(C)c(=O)c1C#N. The van der Waals surface area contributed by atoms with Crippen molar-refractivity contribution in [2.75, 3.05) is 42.5 Å². The molecule has 4 rings (SSSR count). The first-order valence-corrected chi connectivity index (χ1v) is 12.1. The fraction of sp³-hybridized carbons (Fsp3) is 0.292. The molecule has 3 heterocycles. The Kier molecular flexibility index (Phi) is 6.95. The van der Waals surface area contributed by atoms with Crippen molar-refractivity contribution in [2.24, 2.45) is 7.05 Å². The number of anilines is 2. The molecular formula is C24H23N5O4S2. The van der Waals surface area contributed by atoms with Crippen LogP contribution < -0.4 is 15.4 Å². The highest BCUT2D eigenvalue weighted by Gasteiger charge is 2.34. The summed E-state index contributed by atoms with van der Waals surface area (Å²) in [6.45, 7) is 3.90. The number of carbonyl (C=O) groups excluding carboxylic acids is 1. The number of hydrogen-bond donors (Lipinski definition) is 1. The Hall–Kier alpha value is -3.62. The van der Waals surface area contributed by atoms with Gasteiger partial charge in [0.2, 0.25) is 0 Å². The summed E-state index contributed by atoms with van der Waals surface area (Å²) in [4.78, 5) is 42.7. The zero-order chi connectivity index (χ0) is 25.3. The second kappa shape index (κ2) is 9.93. The van der Waals surface area contributed by atoms with Crippen LogP contribution in [0, 0.1) is 18.3 Å². The third kappa shape index (κ3) is 4.67. The average molecular weight is 510 g/mol. The Morgan fingerprint density at radius 3 is 2.40 bits per heavy atom. The van der Waals surface area contributed by atoms with Crippen molar-refractivity contribution in [1.82, 2.24) is 9.47 Å². The van der Waals surface area contributed by atoms with E-state index in [4.69, 9.17) is 17.3 Å². The molecule has 180 valence electrons. The van der Waals surface area contributed by atoms with E-state index in [1.807, 2.05) is 24.3 Å². The molecule has 0 atom stereocenters. The zero-order valence-corrected chi connectivity index (χ0v) is 20.9. The number of thiocarbonyl (C=S) groups is 1. The highest BCUT2D eigenvalue weighted by Crippen LogP contribution is 2.36. The summed E-state index contributed by atoms with van der Waals surface area (Å²) < 4.78 is 1.61. The monoisotopic (exact) mass is 509 g/mol. The molecule has 0 saturated carbocycles. The number of para-hydroxylation sites is 1. The van der Waals surface area contributed by atoms with E-state index < -0.39 is 24.0 Å². The van der Waals surface area contributed by atoms with Gasteiger partial charge in [-0.05, 0) is 30.7 Å². The van der Waals surface area contributed by atoms with Crippen molar-refractivity contribution in [3.63, 3.8) is 0 Å². The molecule has 0 unspecified atom stereocenters. The Bertz CT molecular complexity index is 1340. The van der Waals surface area contributed by atoms with Crippen LogP contribution in [0.2, 0.25) is 0 Å². The molecule has 35 heavy (non-hydrogen) atoms. The highest BCUT2D eigenvalue weighted by atomic mass is 32.2. The molecule has 11 heteroatoms. The smallest absolute Gasteiger partial charge is 0.323 e. The number of aromatic nitrogens is 1. The Labute approximate surface area is 211 Å². The van der Waals surface area contributed by atoms with Crippen LogP contribution in [0.3, 0.4) is 0 Å². The van der Waals surface area contributed by atoms with E-state index in [-0.39, 0.29) is 14.8 Å². The van der Waals surface area contributed by atoms with Gasteiger partial charge in [-0.3, -0.25) is 23.9 Å². The lowest BCUT2D eigenvalue weighted by Gasteiger charge is -2.38. The number of nitriles is 1. The van der Waals surface area contributed by atoms with Gasteiger partial charge in [0, 0.05) is 44.5 Å². The van der Waals surface area contributed by atoms with Gasteiger partial charge in [0.05, 0.1) is 4.91 Å². The maximum Gasteiger partial charge on any atom is 0.323 e. The molecule has 2 fully saturated rings. The molecule has 2 aromatic rings. The second-order valence-electron chi connectivity index (χ2n) is 8.18. The van der Waals surface area contributed by atoms with Gasteiger partial charge >= 0.3 is 5.97 Å². The number of nitrogens with zero attached hydrogens (tertiary/aromatic N) is 5. The molecule has 1 N–H and O–H groups in total. The molecule has 0 radical (unpaired) electrons. The molecule has 0 bridgehead atoms. The van der Waals surface area contributed by atoms with Crippen LogP contribution in [-0.4, -0.2) is 63.5 Å². The van der Waals surface area contributed by atoms with E-state index >= 15 is 0 Å². The molecule has 2 aliphatic rings. The topological polar surface area (TPSA) is 110 Å². The summed E-state index contributed by atoms with van der Waals surface area (Å²) in [5, 5.41) is 18.8. The van der Waals surface area contributed by atoms with Crippen molar-refractivity contribution >= 4 is 57.8 Å². The minimum Gasteiger partial charge on any atom is -0.480 e. The first-order chi connectivity index (χ1) is 16.7. The number of pyridine rings is 1. The molecule has 2 aliphatic heterocycles. The maximum atomic E-state index is 13.0. The number of carboxylic acids is 1. The average Bonchev–Trinajstić information content (AvgIpc) is 3.11. The fourth-order valence-electron chi connectivity index (χ4n) is 4.31. The third-order valence-corrected chi connectivity index (χ3v) is 7.49. The van der Waals surface area contributed by atoms with Gasteiger partial charge in [-0.25, -0.2) is 0 Å². The van der Waals surface area contributed by atoms with Gasteiger partial charge in [0.25, 0.3) is 11.5 Å². The molecule has 1 aromatic heterocycles. The van der Waals surface area contributed by atoms with E-state index in [1.165, 1.54) is 4.57 Å². The number of rotatable bonds is 5. The number of benzene rings is 1. The summed E-state index contributed by atoms with van der Waals surface area (Å²) in [5.41, 5.74) is 1.78. The quantitative estimate of drug-likeness (QED) is 0.479. The molecule has 0 spiro atoms. The van der Waals surface area contributed by atoms with Gasteiger partial charge in [-0.15, -0.1) is 0 Å². The van der Waals surface area contributed by atoms with Gasteiger partial charge in [0.1, 0.15) is 28.3 Å². The predicted octanol–water partition coefficient (Wildman–Crippen LogP) is 2.18. The highest BCUT2D eigenvalue weighted by molar-refractivity contribution is 8.26. The molecule has 1 aromatic carbocycles. The van der Waals surface area contributed by atoms with E-state index in [0.29, 0.717) is 30.0 Å². The van der Waals surface area contributed by atoms with Crippen LogP contribution in [0.4, 0.5) is 11.5 Å². The summed E-state index contributed by atoms with van der Waals surface area (Å²) in [5.74, 6) is -1.05. The molecular weight excluding hydrogens is 486 g/mol. The number of hydrogen-bond acceptors (Lipinski definition) is 8. The van der Waals surface area contributed by atoms with E-state index in [1.54, 1.807) is 20.0 Å². The first kappa shape index (κ1) is 24.5. The Morgan fingerprint density at radius 1 is 1.17 bits per heavy atom. The van der Waals surface area contributed by atoms with Crippen molar-refractivity contribution < 1.29 is 14.7 Å². The minimum absolute atomic E-state index is 0.00596. The fourth-order valence-corrected chi connectivity index (χ4v) is 5.55. The summed E-state index contributed by atoms with van der Waals surface area (Å²) in [7, 11) is 1.62. The Morgan fingerprint density at radius 2 is 1.80 bits per heavy atom. The number of carbonyl (C=O) groups is 2. The summed E-state index contributed by atoms with van der Waals surface area (Å²) in [6.07, 6.45) is 1.62. The lowest BCUT2D eigenvalue weighted by molar-refractivity contribution is -0.140. The van der Waals surface area contributed by atoms with Gasteiger partial charge in [0.15, 0.2) is 0 Å². The normalized spacial score (nSPS) is 17.3. The second-order valence-corrected chi connectivity index (χ2v) is 9.86. The Balaban J connectivity index is 1.74. The maximum absolute atomic E-state index is 13.0. The van der Waals surface area contributed by atoms with Crippen molar-refractivity contribution in [3.8, 4) is 6.07 Å². The number of carboxylic acid groups (broad SMARTS) is 1.